The van der Waals surface area contributed by atoms with Gasteiger partial charge in [-0.05, 0) is 29.5 Å². The van der Waals surface area contributed by atoms with Crippen molar-refractivity contribution in [2.45, 2.75) is 88.8 Å². The van der Waals surface area contributed by atoms with Crippen LogP contribution in [0.4, 0.5) is 0 Å². The molecule has 1 saturated heterocycles. The van der Waals surface area contributed by atoms with Gasteiger partial charge in [0.2, 0.25) is 8.32 Å². The number of aliphatic hydroxyl groups is 1. The number of rotatable bonds is 6. The molecule has 1 N–H and O–H groups in total. The van der Waals surface area contributed by atoms with Crippen molar-refractivity contribution >= 4 is 8.32 Å². The molecular formula is C15H30O3Si. The summed E-state index contributed by atoms with van der Waals surface area (Å²) in [4.78, 5) is 0. The molecule has 4 heteroatoms. The Balaban J connectivity index is 2.14. The lowest BCUT2D eigenvalue weighted by Crippen LogP contribution is -2.50. The van der Waals surface area contributed by atoms with Gasteiger partial charge in [-0.2, -0.15) is 0 Å². The number of aliphatic hydroxyl groups excluding tert-OH is 1. The first-order valence-corrected chi connectivity index (χ1v) is 9.90. The minimum Gasteiger partial charge on any atom is -0.410 e. The van der Waals surface area contributed by atoms with Crippen molar-refractivity contribution in [3.8, 4) is 0 Å². The second kappa shape index (κ2) is 5.13. The highest BCUT2D eigenvalue weighted by Crippen LogP contribution is 2.53. The number of epoxide rings is 1. The van der Waals surface area contributed by atoms with Crippen molar-refractivity contribution in [3.05, 3.63) is 0 Å². The Morgan fingerprint density at radius 3 is 2.00 bits per heavy atom. The van der Waals surface area contributed by atoms with Crippen LogP contribution in [-0.2, 0) is 9.16 Å². The SMILES string of the molecule is CC(C)[Si](O[C@@H]1CC[C@]2(CO)O[C@H]12)(C(C)C)C(C)C. The Morgan fingerprint density at radius 1 is 1.16 bits per heavy atom. The van der Waals surface area contributed by atoms with E-state index in [2.05, 4.69) is 41.5 Å². The highest BCUT2D eigenvalue weighted by Gasteiger charge is 2.66. The molecule has 0 amide bonds. The maximum atomic E-state index is 9.44. The molecule has 0 radical (unpaired) electrons. The van der Waals surface area contributed by atoms with E-state index in [9.17, 15) is 5.11 Å². The largest absolute Gasteiger partial charge is 0.410 e. The maximum absolute atomic E-state index is 9.44. The molecule has 1 heterocycles. The van der Waals surface area contributed by atoms with E-state index in [0.29, 0.717) is 16.6 Å². The fourth-order valence-corrected chi connectivity index (χ4v) is 9.95. The number of fused-ring (bicyclic) bond motifs is 1. The van der Waals surface area contributed by atoms with Gasteiger partial charge in [-0.3, -0.25) is 0 Å². The fraction of sp³-hybridized carbons (Fsp3) is 1.00. The Bertz CT molecular complexity index is 308. The van der Waals surface area contributed by atoms with Crippen LogP contribution >= 0.6 is 0 Å². The normalized spacial score (nSPS) is 34.4. The summed E-state index contributed by atoms with van der Waals surface area (Å²) in [5.41, 5.74) is 1.58. The van der Waals surface area contributed by atoms with Crippen LogP contribution in [0.2, 0.25) is 16.6 Å². The third kappa shape index (κ3) is 2.31. The molecule has 3 nitrogen and oxygen atoms in total. The first-order chi connectivity index (χ1) is 8.80. The van der Waals surface area contributed by atoms with E-state index in [-0.39, 0.29) is 24.4 Å². The molecule has 1 saturated carbocycles. The smallest absolute Gasteiger partial charge is 0.200 e. The van der Waals surface area contributed by atoms with Crippen LogP contribution in [0.1, 0.15) is 54.4 Å². The summed E-state index contributed by atoms with van der Waals surface area (Å²) in [7, 11) is -1.82. The molecular weight excluding hydrogens is 256 g/mol. The van der Waals surface area contributed by atoms with Crippen molar-refractivity contribution in [1.82, 2.24) is 0 Å². The lowest BCUT2D eigenvalue weighted by atomic mass is 10.1. The van der Waals surface area contributed by atoms with E-state index in [1.807, 2.05) is 0 Å². The summed E-state index contributed by atoms with van der Waals surface area (Å²) in [6, 6.07) is 0. The van der Waals surface area contributed by atoms with Crippen LogP contribution in [0.15, 0.2) is 0 Å². The number of hydrogen-bond donors (Lipinski definition) is 1. The molecule has 0 aromatic rings. The topological polar surface area (TPSA) is 42.0 Å². The summed E-state index contributed by atoms with van der Waals surface area (Å²) >= 11 is 0. The van der Waals surface area contributed by atoms with Crippen LogP contribution < -0.4 is 0 Å². The zero-order valence-electron chi connectivity index (χ0n) is 13.3. The first kappa shape index (κ1) is 15.5. The Morgan fingerprint density at radius 2 is 1.68 bits per heavy atom. The minimum absolute atomic E-state index is 0.150. The molecule has 112 valence electrons. The van der Waals surface area contributed by atoms with Gasteiger partial charge in [0.25, 0.3) is 0 Å². The third-order valence-electron chi connectivity index (χ3n) is 5.34. The van der Waals surface area contributed by atoms with Gasteiger partial charge in [-0.15, -0.1) is 0 Å². The van der Waals surface area contributed by atoms with Gasteiger partial charge in [0, 0.05) is 0 Å². The predicted molar refractivity (Wildman–Crippen MR) is 79.8 cm³/mol. The molecule has 3 atom stereocenters. The molecule has 0 spiro atoms. The summed E-state index contributed by atoms with van der Waals surface area (Å²) in [6.07, 6.45) is 2.37. The molecule has 2 rings (SSSR count). The second-order valence-electron chi connectivity index (χ2n) is 7.27. The van der Waals surface area contributed by atoms with E-state index in [4.69, 9.17) is 9.16 Å². The van der Waals surface area contributed by atoms with Gasteiger partial charge < -0.3 is 14.3 Å². The second-order valence-corrected chi connectivity index (χ2v) is 12.7. The van der Waals surface area contributed by atoms with Crippen molar-refractivity contribution in [1.29, 1.82) is 0 Å². The highest BCUT2D eigenvalue weighted by molar-refractivity contribution is 6.77. The molecule has 1 aliphatic heterocycles. The molecule has 2 fully saturated rings. The Hall–Kier alpha value is 0.0969. The van der Waals surface area contributed by atoms with Crippen LogP contribution in [0, 0.1) is 0 Å². The van der Waals surface area contributed by atoms with Gasteiger partial charge in [-0.1, -0.05) is 41.5 Å². The molecule has 2 aliphatic rings. The van der Waals surface area contributed by atoms with E-state index < -0.39 is 8.32 Å². The lowest BCUT2D eigenvalue weighted by molar-refractivity contribution is 0.100. The molecule has 19 heavy (non-hydrogen) atoms. The molecule has 0 aromatic heterocycles. The summed E-state index contributed by atoms with van der Waals surface area (Å²) in [6.45, 7) is 14.0. The summed E-state index contributed by atoms with van der Waals surface area (Å²) in [5, 5.41) is 9.44. The van der Waals surface area contributed by atoms with Crippen molar-refractivity contribution in [2.24, 2.45) is 0 Å². The van der Waals surface area contributed by atoms with Crippen LogP contribution in [-0.4, -0.2) is 37.8 Å². The summed E-state index contributed by atoms with van der Waals surface area (Å²) < 4.78 is 12.5. The highest BCUT2D eigenvalue weighted by atomic mass is 28.4. The average Bonchev–Trinajstić information content (AvgIpc) is 2.95. The van der Waals surface area contributed by atoms with Crippen molar-refractivity contribution in [2.75, 3.05) is 6.61 Å². The average molecular weight is 286 g/mol. The quantitative estimate of drug-likeness (QED) is 0.600. The standard InChI is InChI=1S/C15H30O3Si/c1-10(2)19(11(3)4,12(5)6)18-13-7-8-15(9-16)14(13)17-15/h10-14,16H,7-9H2,1-6H3/t13-,14-,15-/m1/s1. The molecule has 0 unspecified atom stereocenters. The van der Waals surface area contributed by atoms with Crippen LogP contribution in [0.5, 0.6) is 0 Å². The lowest BCUT2D eigenvalue weighted by Gasteiger charge is -2.44. The number of ether oxygens (including phenoxy) is 1. The maximum Gasteiger partial charge on any atom is 0.200 e. The van der Waals surface area contributed by atoms with E-state index in [1.54, 1.807) is 0 Å². The predicted octanol–water partition coefficient (Wildman–Crippen LogP) is 3.47. The first-order valence-electron chi connectivity index (χ1n) is 7.76. The van der Waals surface area contributed by atoms with Crippen LogP contribution in [0.3, 0.4) is 0 Å². The van der Waals surface area contributed by atoms with Gasteiger partial charge in [0.05, 0.1) is 12.7 Å². The number of hydrogen-bond acceptors (Lipinski definition) is 3. The molecule has 1 aliphatic carbocycles. The van der Waals surface area contributed by atoms with Crippen LogP contribution in [0.25, 0.3) is 0 Å². The monoisotopic (exact) mass is 286 g/mol. The Kier molecular flexibility index (Phi) is 4.18. The zero-order valence-corrected chi connectivity index (χ0v) is 14.3. The Labute approximate surface area is 118 Å². The van der Waals surface area contributed by atoms with Gasteiger partial charge >= 0.3 is 0 Å². The minimum atomic E-state index is -1.82. The van der Waals surface area contributed by atoms with Gasteiger partial charge in [0.15, 0.2) is 0 Å². The summed E-state index contributed by atoms with van der Waals surface area (Å²) in [5.74, 6) is 0. The van der Waals surface area contributed by atoms with Gasteiger partial charge in [-0.25, -0.2) is 0 Å². The van der Waals surface area contributed by atoms with E-state index in [0.717, 1.165) is 12.8 Å². The van der Waals surface area contributed by atoms with E-state index in [1.165, 1.54) is 0 Å². The third-order valence-corrected chi connectivity index (χ3v) is 11.5. The van der Waals surface area contributed by atoms with Gasteiger partial charge in [0.1, 0.15) is 11.7 Å². The van der Waals surface area contributed by atoms with Crippen molar-refractivity contribution < 1.29 is 14.3 Å². The molecule has 0 bridgehead atoms. The fourth-order valence-electron chi connectivity index (χ4n) is 4.37. The van der Waals surface area contributed by atoms with Crippen molar-refractivity contribution in [3.63, 3.8) is 0 Å². The molecule has 0 aromatic carbocycles. The zero-order chi connectivity index (χ0) is 14.4. The van der Waals surface area contributed by atoms with E-state index >= 15 is 0 Å².